The first-order chi connectivity index (χ1) is 8.65. The molecule has 0 N–H and O–H groups in total. The molecule has 18 heavy (non-hydrogen) atoms. The quantitative estimate of drug-likeness (QED) is 0.810. The van der Waals surface area contributed by atoms with Gasteiger partial charge in [0.15, 0.2) is 0 Å². The highest BCUT2D eigenvalue weighted by atomic mass is 35.5. The average Bonchev–Trinajstić information content (AvgIpc) is 2.35. The van der Waals surface area contributed by atoms with Crippen molar-refractivity contribution in [2.75, 3.05) is 0 Å². The summed E-state index contributed by atoms with van der Waals surface area (Å²) in [5, 5.41) is 0.662. The van der Waals surface area contributed by atoms with E-state index in [0.717, 1.165) is 11.1 Å². The first kappa shape index (κ1) is 12.8. The van der Waals surface area contributed by atoms with Crippen molar-refractivity contribution in [2.45, 2.75) is 19.8 Å². The largest absolute Gasteiger partial charge is 0.299 e. The Morgan fingerprint density at radius 1 is 1.00 bits per heavy atom. The number of carbonyl (C=O) groups excluding carboxylic acids is 1. The summed E-state index contributed by atoms with van der Waals surface area (Å²) >= 11 is 6.04. The van der Waals surface area contributed by atoms with Gasteiger partial charge in [0.05, 0.1) is 0 Å². The number of halogens is 1. The van der Waals surface area contributed by atoms with Crippen molar-refractivity contribution in [1.82, 2.24) is 0 Å². The predicted molar refractivity (Wildman–Crippen MR) is 75.0 cm³/mol. The van der Waals surface area contributed by atoms with Crippen molar-refractivity contribution in [3.8, 4) is 0 Å². The van der Waals surface area contributed by atoms with Gasteiger partial charge in [0.25, 0.3) is 0 Å². The molecule has 1 nitrogen and oxygen atoms in total. The van der Waals surface area contributed by atoms with E-state index >= 15 is 0 Å². The number of aryl methyl sites for hydroxylation is 1. The standard InChI is InChI=1S/C16H15ClO/c1-12-6-8-13(9-7-12)10-15(18)11-14-4-2-3-5-16(14)17/h2-9H,10-11H2,1H3. The summed E-state index contributed by atoms with van der Waals surface area (Å²) < 4.78 is 0. The molecule has 92 valence electrons. The second kappa shape index (κ2) is 5.83. The average molecular weight is 259 g/mol. The van der Waals surface area contributed by atoms with E-state index in [9.17, 15) is 4.79 Å². The summed E-state index contributed by atoms with van der Waals surface area (Å²) in [6.07, 6.45) is 0.860. The van der Waals surface area contributed by atoms with Crippen LogP contribution in [0.4, 0.5) is 0 Å². The molecule has 0 saturated heterocycles. The molecule has 0 bridgehead atoms. The lowest BCUT2D eigenvalue weighted by Crippen LogP contribution is -2.06. The minimum absolute atomic E-state index is 0.187. The fourth-order valence-corrected chi connectivity index (χ4v) is 2.05. The van der Waals surface area contributed by atoms with Crippen LogP contribution >= 0.6 is 11.6 Å². The maximum absolute atomic E-state index is 12.0. The number of carbonyl (C=O) groups is 1. The summed E-state index contributed by atoms with van der Waals surface area (Å²) in [5.41, 5.74) is 3.16. The van der Waals surface area contributed by atoms with Gasteiger partial charge in [0.2, 0.25) is 0 Å². The molecule has 0 amide bonds. The number of rotatable bonds is 4. The Balaban J connectivity index is 2.01. The predicted octanol–water partition coefficient (Wildman–Crippen LogP) is 4.00. The molecule has 0 aromatic heterocycles. The lowest BCUT2D eigenvalue weighted by atomic mass is 10.0. The van der Waals surface area contributed by atoms with E-state index in [1.807, 2.05) is 55.5 Å². The number of hydrogen-bond acceptors (Lipinski definition) is 1. The molecular weight excluding hydrogens is 244 g/mol. The first-order valence-corrected chi connectivity index (χ1v) is 6.33. The van der Waals surface area contributed by atoms with Crippen LogP contribution in [0.2, 0.25) is 5.02 Å². The van der Waals surface area contributed by atoms with Gasteiger partial charge in [-0.15, -0.1) is 0 Å². The van der Waals surface area contributed by atoms with E-state index in [1.165, 1.54) is 5.56 Å². The molecule has 0 aliphatic heterocycles. The summed E-state index contributed by atoms with van der Waals surface area (Å²) in [5.74, 6) is 0.187. The Kier molecular flexibility index (Phi) is 4.16. The normalized spacial score (nSPS) is 10.3. The first-order valence-electron chi connectivity index (χ1n) is 5.96. The summed E-state index contributed by atoms with van der Waals surface area (Å²) in [6, 6.07) is 15.5. The monoisotopic (exact) mass is 258 g/mol. The molecule has 0 saturated carbocycles. The van der Waals surface area contributed by atoms with Crippen LogP contribution in [0, 0.1) is 6.92 Å². The molecule has 2 rings (SSSR count). The van der Waals surface area contributed by atoms with Crippen molar-refractivity contribution in [1.29, 1.82) is 0 Å². The Morgan fingerprint density at radius 2 is 1.67 bits per heavy atom. The Morgan fingerprint density at radius 3 is 2.33 bits per heavy atom. The van der Waals surface area contributed by atoms with Crippen LogP contribution in [0.1, 0.15) is 16.7 Å². The fourth-order valence-electron chi connectivity index (χ4n) is 1.85. The molecule has 0 unspecified atom stereocenters. The van der Waals surface area contributed by atoms with Crippen molar-refractivity contribution < 1.29 is 4.79 Å². The van der Waals surface area contributed by atoms with Gasteiger partial charge >= 0.3 is 0 Å². The third-order valence-corrected chi connectivity index (χ3v) is 3.24. The van der Waals surface area contributed by atoms with Crippen molar-refractivity contribution in [3.05, 3.63) is 70.2 Å². The van der Waals surface area contributed by atoms with Crippen molar-refractivity contribution in [2.24, 2.45) is 0 Å². The highest BCUT2D eigenvalue weighted by Crippen LogP contribution is 2.16. The molecular formula is C16H15ClO. The zero-order valence-electron chi connectivity index (χ0n) is 10.3. The number of hydrogen-bond donors (Lipinski definition) is 0. The fraction of sp³-hybridized carbons (Fsp3) is 0.188. The lowest BCUT2D eigenvalue weighted by molar-refractivity contribution is -0.117. The van der Waals surface area contributed by atoms with Gasteiger partial charge in [-0.05, 0) is 24.1 Å². The SMILES string of the molecule is Cc1ccc(CC(=O)Cc2ccccc2Cl)cc1. The van der Waals surface area contributed by atoms with E-state index in [-0.39, 0.29) is 5.78 Å². The van der Waals surface area contributed by atoms with Gasteiger partial charge in [-0.25, -0.2) is 0 Å². The van der Waals surface area contributed by atoms with Crippen LogP contribution in [0.3, 0.4) is 0 Å². The van der Waals surface area contributed by atoms with Gasteiger partial charge < -0.3 is 0 Å². The van der Waals surface area contributed by atoms with E-state index in [2.05, 4.69) is 0 Å². The Labute approximate surface area is 112 Å². The molecule has 2 heteroatoms. The summed E-state index contributed by atoms with van der Waals surface area (Å²) in [4.78, 5) is 12.0. The number of benzene rings is 2. The van der Waals surface area contributed by atoms with Gasteiger partial charge in [0.1, 0.15) is 5.78 Å². The Bertz CT molecular complexity index is 543. The third kappa shape index (κ3) is 3.44. The topological polar surface area (TPSA) is 17.1 Å². The van der Waals surface area contributed by atoms with Crippen molar-refractivity contribution in [3.63, 3.8) is 0 Å². The highest BCUT2D eigenvalue weighted by Gasteiger charge is 2.07. The molecule has 0 spiro atoms. The zero-order valence-corrected chi connectivity index (χ0v) is 11.1. The smallest absolute Gasteiger partial charge is 0.141 e. The molecule has 0 aliphatic carbocycles. The van der Waals surface area contributed by atoms with Crippen LogP contribution in [0.25, 0.3) is 0 Å². The van der Waals surface area contributed by atoms with Crippen LogP contribution < -0.4 is 0 Å². The van der Waals surface area contributed by atoms with Crippen LogP contribution in [0.5, 0.6) is 0 Å². The van der Waals surface area contributed by atoms with Crippen LogP contribution in [-0.4, -0.2) is 5.78 Å². The van der Waals surface area contributed by atoms with Crippen LogP contribution in [0.15, 0.2) is 48.5 Å². The van der Waals surface area contributed by atoms with Crippen LogP contribution in [-0.2, 0) is 17.6 Å². The molecule has 0 atom stereocenters. The van der Waals surface area contributed by atoms with Gasteiger partial charge in [-0.3, -0.25) is 4.79 Å². The van der Waals surface area contributed by atoms with E-state index < -0.39 is 0 Å². The van der Waals surface area contributed by atoms with Crippen molar-refractivity contribution >= 4 is 17.4 Å². The molecule has 2 aromatic carbocycles. The molecule has 0 aliphatic rings. The van der Waals surface area contributed by atoms with Gasteiger partial charge in [-0.2, -0.15) is 0 Å². The maximum Gasteiger partial charge on any atom is 0.141 e. The minimum Gasteiger partial charge on any atom is -0.299 e. The zero-order chi connectivity index (χ0) is 13.0. The number of ketones is 1. The van der Waals surface area contributed by atoms with Gasteiger partial charge in [0, 0.05) is 17.9 Å². The molecule has 2 aromatic rings. The Hall–Kier alpha value is -1.60. The lowest BCUT2D eigenvalue weighted by Gasteiger charge is -2.04. The second-order valence-corrected chi connectivity index (χ2v) is 4.88. The number of Topliss-reactive ketones (excluding diaryl/α,β-unsaturated/α-hetero) is 1. The molecule has 0 heterocycles. The molecule has 0 fully saturated rings. The second-order valence-electron chi connectivity index (χ2n) is 4.47. The third-order valence-electron chi connectivity index (χ3n) is 2.87. The summed E-state index contributed by atoms with van der Waals surface area (Å²) in [7, 11) is 0. The van der Waals surface area contributed by atoms with E-state index in [0.29, 0.717) is 17.9 Å². The van der Waals surface area contributed by atoms with E-state index in [1.54, 1.807) is 0 Å². The maximum atomic E-state index is 12.0. The molecule has 0 radical (unpaired) electrons. The van der Waals surface area contributed by atoms with E-state index in [4.69, 9.17) is 11.6 Å². The highest BCUT2D eigenvalue weighted by molar-refractivity contribution is 6.31. The minimum atomic E-state index is 0.187. The van der Waals surface area contributed by atoms with Gasteiger partial charge in [-0.1, -0.05) is 59.6 Å². The summed E-state index contributed by atoms with van der Waals surface area (Å²) in [6.45, 7) is 2.04.